The van der Waals surface area contributed by atoms with Crippen LogP contribution < -0.4 is 0 Å². The molecule has 1 aliphatic rings. The Morgan fingerprint density at radius 3 is 2.00 bits per heavy atom. The molecule has 1 aliphatic carbocycles. The molecule has 0 aliphatic heterocycles. The molecule has 0 radical (unpaired) electrons. The fourth-order valence-corrected chi connectivity index (χ4v) is 9.73. The fourth-order valence-electron chi connectivity index (χ4n) is 8.50. The molecular weight excluding hydrogens is 713 g/mol. The Balaban J connectivity index is 1.08. The number of nitrogens with zero attached hydrogens (tertiary/aromatic N) is 4. The van der Waals surface area contributed by atoms with Crippen molar-refractivity contribution in [3.05, 3.63) is 188 Å². The van der Waals surface area contributed by atoms with E-state index in [1.54, 1.807) is 0 Å². The molecular formula is C52H36N4S. The number of hydrogen-bond donors (Lipinski definition) is 0. The smallest absolute Gasteiger partial charge is 0.165 e. The SMILES string of the molecule is CC1CC=CC=C1c1nc(-c2ccccc2)nc(-c2cccc3c2sc2cccc(-c4ccc5c6ccccc6n(-c6ccc(-c7ccccc7)cc6)c5c4)c23)n1. The molecule has 3 aromatic heterocycles. The van der Waals surface area contributed by atoms with E-state index in [2.05, 4.69) is 175 Å². The fraction of sp³-hybridized carbons (Fsp3) is 0.0577. The van der Waals surface area contributed by atoms with Crippen LogP contribution in [0.25, 0.3) is 98.3 Å². The van der Waals surface area contributed by atoms with Crippen molar-refractivity contribution in [1.29, 1.82) is 0 Å². The molecule has 10 aromatic rings. The zero-order valence-electron chi connectivity index (χ0n) is 31.3. The van der Waals surface area contributed by atoms with Gasteiger partial charge in [-0.25, -0.2) is 15.0 Å². The minimum Gasteiger partial charge on any atom is -0.309 e. The van der Waals surface area contributed by atoms with Crippen molar-refractivity contribution in [2.75, 3.05) is 0 Å². The first-order valence-corrected chi connectivity index (χ1v) is 20.3. The van der Waals surface area contributed by atoms with Crippen molar-refractivity contribution >= 4 is 58.9 Å². The third-order valence-electron chi connectivity index (χ3n) is 11.3. The molecule has 7 aromatic carbocycles. The Labute approximate surface area is 334 Å². The first kappa shape index (κ1) is 33.4. The largest absolute Gasteiger partial charge is 0.309 e. The average Bonchev–Trinajstić information content (AvgIpc) is 3.83. The number of para-hydroxylation sites is 1. The summed E-state index contributed by atoms with van der Waals surface area (Å²) in [5, 5.41) is 4.94. The number of benzene rings is 7. The molecule has 1 unspecified atom stereocenters. The van der Waals surface area contributed by atoms with Gasteiger partial charge >= 0.3 is 0 Å². The third kappa shape index (κ3) is 5.70. The van der Waals surface area contributed by atoms with E-state index in [-0.39, 0.29) is 0 Å². The summed E-state index contributed by atoms with van der Waals surface area (Å²) in [5.41, 5.74) is 11.5. The van der Waals surface area contributed by atoms with Gasteiger partial charge in [-0.3, -0.25) is 0 Å². The molecule has 4 nitrogen and oxygen atoms in total. The van der Waals surface area contributed by atoms with E-state index in [9.17, 15) is 0 Å². The van der Waals surface area contributed by atoms with Crippen LogP contribution in [-0.4, -0.2) is 19.5 Å². The first-order valence-electron chi connectivity index (χ1n) is 19.5. The summed E-state index contributed by atoms with van der Waals surface area (Å²) >= 11 is 1.81. The van der Waals surface area contributed by atoms with Crippen LogP contribution in [0.1, 0.15) is 19.2 Å². The lowest BCUT2D eigenvalue weighted by Gasteiger charge is -2.17. The van der Waals surface area contributed by atoms with Crippen molar-refractivity contribution in [3.8, 4) is 50.7 Å². The van der Waals surface area contributed by atoms with Crippen molar-refractivity contribution in [2.24, 2.45) is 5.92 Å². The van der Waals surface area contributed by atoms with Crippen molar-refractivity contribution < 1.29 is 0 Å². The zero-order valence-corrected chi connectivity index (χ0v) is 32.1. The van der Waals surface area contributed by atoms with Crippen molar-refractivity contribution in [3.63, 3.8) is 0 Å². The molecule has 270 valence electrons. The number of rotatable bonds is 6. The Morgan fingerprint density at radius 2 is 1.18 bits per heavy atom. The number of allylic oxidation sites excluding steroid dienone is 4. The van der Waals surface area contributed by atoms with E-state index in [4.69, 9.17) is 15.0 Å². The number of thiophene rings is 1. The second-order valence-corrected chi connectivity index (χ2v) is 15.9. The topological polar surface area (TPSA) is 43.6 Å². The van der Waals surface area contributed by atoms with Gasteiger partial charge in [0.25, 0.3) is 0 Å². The summed E-state index contributed by atoms with van der Waals surface area (Å²) < 4.78 is 4.82. The number of hydrogen-bond acceptors (Lipinski definition) is 4. The monoisotopic (exact) mass is 748 g/mol. The zero-order chi connectivity index (χ0) is 37.9. The van der Waals surface area contributed by atoms with Gasteiger partial charge in [0.05, 0.1) is 11.0 Å². The second-order valence-electron chi connectivity index (χ2n) is 14.8. The van der Waals surface area contributed by atoms with Gasteiger partial charge in [-0.2, -0.15) is 0 Å². The van der Waals surface area contributed by atoms with Crippen LogP contribution in [-0.2, 0) is 0 Å². The molecule has 0 N–H and O–H groups in total. The maximum absolute atomic E-state index is 5.20. The van der Waals surface area contributed by atoms with Gasteiger partial charge in [-0.05, 0) is 71.0 Å². The van der Waals surface area contributed by atoms with E-state index in [1.165, 1.54) is 64.2 Å². The predicted molar refractivity (Wildman–Crippen MR) is 240 cm³/mol. The van der Waals surface area contributed by atoms with Crippen LogP contribution in [0, 0.1) is 5.92 Å². The maximum atomic E-state index is 5.20. The Kier molecular flexibility index (Phi) is 8.00. The van der Waals surface area contributed by atoms with Crippen LogP contribution in [0.5, 0.6) is 0 Å². The lowest BCUT2D eigenvalue weighted by molar-refractivity contribution is 0.747. The minimum absolute atomic E-state index is 0.321. The van der Waals surface area contributed by atoms with Gasteiger partial charge in [-0.1, -0.05) is 153 Å². The van der Waals surface area contributed by atoms with E-state index in [0.717, 1.165) is 34.6 Å². The van der Waals surface area contributed by atoms with E-state index >= 15 is 0 Å². The molecule has 0 amide bonds. The van der Waals surface area contributed by atoms with Crippen LogP contribution >= 0.6 is 11.3 Å². The standard InChI is InChI=1S/C52H36N4S/c1-33-14-8-9-19-39(33)51-53-50(36-17-6-3-7-18-36)54-52(55-51)44-23-12-22-43-48-40(21-13-25-47(48)57-49(43)44)37-28-31-42-41-20-10-11-24-45(41)56(46(42)32-37)38-29-26-35(27-30-38)34-15-4-2-5-16-34/h2-13,15-33H,14H2,1H3. The van der Waals surface area contributed by atoms with Gasteiger partial charge in [0.2, 0.25) is 0 Å². The molecule has 0 saturated carbocycles. The highest BCUT2D eigenvalue weighted by atomic mass is 32.1. The van der Waals surface area contributed by atoms with Gasteiger partial charge in [0, 0.05) is 53.3 Å². The van der Waals surface area contributed by atoms with Gasteiger partial charge in [-0.15, -0.1) is 11.3 Å². The molecule has 3 heterocycles. The highest BCUT2D eigenvalue weighted by Gasteiger charge is 2.22. The van der Waals surface area contributed by atoms with Crippen molar-refractivity contribution in [1.82, 2.24) is 19.5 Å². The van der Waals surface area contributed by atoms with Gasteiger partial charge < -0.3 is 4.57 Å². The molecule has 1 atom stereocenters. The van der Waals surface area contributed by atoms with Gasteiger partial charge in [0.1, 0.15) is 0 Å². The molecule has 57 heavy (non-hydrogen) atoms. The van der Waals surface area contributed by atoms with Crippen LogP contribution in [0.3, 0.4) is 0 Å². The quantitative estimate of drug-likeness (QED) is 0.170. The molecule has 0 spiro atoms. The lowest BCUT2D eigenvalue weighted by Crippen LogP contribution is -2.08. The summed E-state index contributed by atoms with van der Waals surface area (Å²) in [5.74, 6) is 2.45. The summed E-state index contributed by atoms with van der Waals surface area (Å²) in [6, 6.07) is 58.7. The van der Waals surface area contributed by atoms with E-state index < -0.39 is 0 Å². The highest BCUT2D eigenvalue weighted by Crippen LogP contribution is 2.45. The summed E-state index contributed by atoms with van der Waals surface area (Å²) in [7, 11) is 0. The first-order chi connectivity index (χ1) is 28.2. The van der Waals surface area contributed by atoms with Crippen molar-refractivity contribution in [2.45, 2.75) is 13.3 Å². The molecule has 0 fully saturated rings. The Bertz CT molecular complexity index is 3210. The Hall–Kier alpha value is -6.95. The number of aromatic nitrogens is 4. The average molecular weight is 749 g/mol. The predicted octanol–water partition coefficient (Wildman–Crippen LogP) is 14.0. The third-order valence-corrected chi connectivity index (χ3v) is 12.5. The summed E-state index contributed by atoms with van der Waals surface area (Å²) in [4.78, 5) is 15.4. The minimum atomic E-state index is 0.321. The van der Waals surface area contributed by atoms with E-state index in [0.29, 0.717) is 17.6 Å². The molecule has 11 rings (SSSR count). The normalized spacial score (nSPS) is 14.2. The lowest BCUT2D eigenvalue weighted by atomic mass is 9.92. The van der Waals surface area contributed by atoms with Crippen LogP contribution in [0.4, 0.5) is 0 Å². The van der Waals surface area contributed by atoms with Gasteiger partial charge in [0.15, 0.2) is 17.5 Å². The van der Waals surface area contributed by atoms with Crippen LogP contribution in [0.15, 0.2) is 182 Å². The highest BCUT2D eigenvalue weighted by molar-refractivity contribution is 7.26. The molecule has 0 saturated heterocycles. The van der Waals surface area contributed by atoms with Crippen LogP contribution in [0.2, 0.25) is 0 Å². The van der Waals surface area contributed by atoms with E-state index in [1.807, 2.05) is 29.5 Å². The molecule has 0 bridgehead atoms. The summed E-state index contributed by atoms with van der Waals surface area (Å²) in [6.45, 7) is 2.24. The molecule has 5 heteroatoms. The second kappa shape index (κ2) is 13.7. The maximum Gasteiger partial charge on any atom is 0.165 e. The summed E-state index contributed by atoms with van der Waals surface area (Å²) in [6.07, 6.45) is 7.46. The number of fused-ring (bicyclic) bond motifs is 6. The Morgan fingerprint density at radius 1 is 0.526 bits per heavy atom.